The molecule has 70 valence electrons. The molecule has 0 spiro atoms. The van der Waals surface area contributed by atoms with Crippen molar-refractivity contribution < 1.29 is 8.42 Å². The Morgan fingerprint density at radius 1 is 1.25 bits per heavy atom. The molecule has 0 aromatic rings. The number of allylic oxidation sites excluding steroid dienone is 4. The number of nitrogens with two attached hydrogens (primary N) is 2. The molecule has 0 saturated heterocycles. The summed E-state index contributed by atoms with van der Waals surface area (Å²) in [6.45, 7) is 4.78. The average Bonchev–Trinajstić information content (AvgIpc) is 1.82. The van der Waals surface area contributed by atoms with E-state index in [2.05, 4.69) is 0 Å². The minimum Gasteiger partial charge on any atom is -0.402 e. The lowest BCUT2D eigenvalue weighted by molar-refractivity contribution is 0.603. The van der Waals surface area contributed by atoms with E-state index in [1.807, 2.05) is 0 Å². The van der Waals surface area contributed by atoms with Gasteiger partial charge in [-0.05, 0) is 32.4 Å². The molecule has 5 heteroatoms. The topological polar surface area (TPSA) is 86.2 Å². The van der Waals surface area contributed by atoms with Gasteiger partial charge in [0.05, 0.1) is 4.91 Å². The van der Waals surface area contributed by atoms with Gasteiger partial charge in [-0.3, -0.25) is 0 Å². The van der Waals surface area contributed by atoms with Crippen LogP contribution in [0.1, 0.15) is 20.8 Å². The fourth-order valence-corrected chi connectivity index (χ4v) is 1.18. The zero-order valence-corrected chi connectivity index (χ0v) is 8.27. The van der Waals surface area contributed by atoms with Crippen LogP contribution in [-0.4, -0.2) is 8.42 Å². The van der Waals surface area contributed by atoms with Crippen LogP contribution in [0, 0.1) is 0 Å². The number of sulfonamides is 1. The van der Waals surface area contributed by atoms with Crippen molar-refractivity contribution in [1.29, 1.82) is 0 Å². The monoisotopic (exact) mass is 190 g/mol. The molecule has 0 fully saturated rings. The van der Waals surface area contributed by atoms with Crippen molar-refractivity contribution in [2.24, 2.45) is 10.9 Å². The SMILES string of the molecule is C/C(N)=C\C(C)=C(/C)S(N)(=O)=O. The average molecular weight is 190 g/mol. The highest BCUT2D eigenvalue weighted by Gasteiger charge is 2.07. The van der Waals surface area contributed by atoms with E-state index < -0.39 is 10.0 Å². The van der Waals surface area contributed by atoms with Gasteiger partial charge < -0.3 is 5.73 Å². The molecule has 0 saturated carbocycles. The minimum absolute atomic E-state index is 0.146. The summed E-state index contributed by atoms with van der Waals surface area (Å²) in [4.78, 5) is 0.146. The van der Waals surface area contributed by atoms with Crippen LogP contribution in [0.25, 0.3) is 0 Å². The summed E-state index contributed by atoms with van der Waals surface area (Å²) in [5.41, 5.74) is 6.48. The van der Waals surface area contributed by atoms with Gasteiger partial charge in [-0.1, -0.05) is 0 Å². The summed E-state index contributed by atoms with van der Waals surface area (Å²) in [7, 11) is -3.57. The molecule has 4 N–H and O–H groups in total. The Kier molecular flexibility index (Phi) is 3.48. The van der Waals surface area contributed by atoms with Crippen molar-refractivity contribution in [1.82, 2.24) is 0 Å². The molecule has 0 heterocycles. The lowest BCUT2D eigenvalue weighted by Gasteiger charge is -2.00. The van der Waals surface area contributed by atoms with E-state index >= 15 is 0 Å². The molecule has 0 aromatic carbocycles. The maximum Gasteiger partial charge on any atom is 0.234 e. The highest BCUT2D eigenvalue weighted by atomic mass is 32.2. The Morgan fingerprint density at radius 2 is 1.67 bits per heavy atom. The molecule has 0 aliphatic carbocycles. The highest BCUT2D eigenvalue weighted by Crippen LogP contribution is 2.09. The molecule has 0 radical (unpaired) electrons. The van der Waals surface area contributed by atoms with E-state index in [0.717, 1.165) is 0 Å². The van der Waals surface area contributed by atoms with Crippen molar-refractivity contribution in [3.8, 4) is 0 Å². The van der Waals surface area contributed by atoms with Crippen molar-refractivity contribution in [2.75, 3.05) is 0 Å². The first-order valence-electron chi connectivity index (χ1n) is 3.39. The van der Waals surface area contributed by atoms with Crippen LogP contribution in [-0.2, 0) is 10.0 Å². The molecule has 12 heavy (non-hydrogen) atoms. The third kappa shape index (κ3) is 3.54. The Labute approximate surface area is 73.0 Å². The molecule has 0 amide bonds. The molecule has 0 aliphatic heterocycles. The minimum atomic E-state index is -3.57. The van der Waals surface area contributed by atoms with Gasteiger partial charge in [0, 0.05) is 5.70 Å². The zero-order chi connectivity index (χ0) is 9.94. The summed E-state index contributed by atoms with van der Waals surface area (Å²) in [6.07, 6.45) is 1.57. The van der Waals surface area contributed by atoms with Crippen LogP contribution in [0.2, 0.25) is 0 Å². The second kappa shape index (κ2) is 3.73. The number of hydrogen-bond acceptors (Lipinski definition) is 3. The van der Waals surface area contributed by atoms with Crippen molar-refractivity contribution in [2.45, 2.75) is 20.8 Å². The van der Waals surface area contributed by atoms with Gasteiger partial charge >= 0.3 is 0 Å². The zero-order valence-electron chi connectivity index (χ0n) is 7.46. The molecular weight excluding hydrogens is 176 g/mol. The van der Waals surface area contributed by atoms with Crippen LogP contribution in [0.15, 0.2) is 22.3 Å². The van der Waals surface area contributed by atoms with E-state index in [0.29, 0.717) is 11.3 Å². The standard InChI is InChI=1S/C7H14N2O2S/c1-5(4-6(2)8)7(3)12(9,10)11/h4H,8H2,1-3H3,(H2,9,10,11)/b6-4+,7-5+. The van der Waals surface area contributed by atoms with Crippen LogP contribution in [0.4, 0.5) is 0 Å². The lowest BCUT2D eigenvalue weighted by Crippen LogP contribution is -2.13. The molecule has 0 aliphatic rings. The third-order valence-electron chi connectivity index (χ3n) is 1.43. The van der Waals surface area contributed by atoms with Crippen molar-refractivity contribution in [3.63, 3.8) is 0 Å². The molecule has 0 bridgehead atoms. The van der Waals surface area contributed by atoms with Gasteiger partial charge in [-0.15, -0.1) is 0 Å². The summed E-state index contributed by atoms with van der Waals surface area (Å²) in [5.74, 6) is 0. The van der Waals surface area contributed by atoms with Crippen LogP contribution < -0.4 is 10.9 Å². The summed E-state index contributed by atoms with van der Waals surface area (Å²) >= 11 is 0. The van der Waals surface area contributed by atoms with Crippen molar-refractivity contribution in [3.05, 3.63) is 22.3 Å². The van der Waals surface area contributed by atoms with Gasteiger partial charge in [0.1, 0.15) is 0 Å². The molecule has 0 unspecified atom stereocenters. The van der Waals surface area contributed by atoms with Gasteiger partial charge in [-0.25, -0.2) is 13.6 Å². The van der Waals surface area contributed by atoms with Gasteiger partial charge in [0.15, 0.2) is 0 Å². The molecule has 0 aromatic heterocycles. The van der Waals surface area contributed by atoms with E-state index in [4.69, 9.17) is 10.9 Å². The van der Waals surface area contributed by atoms with Gasteiger partial charge in [0.2, 0.25) is 10.0 Å². The van der Waals surface area contributed by atoms with E-state index in [1.165, 1.54) is 6.92 Å². The van der Waals surface area contributed by atoms with E-state index in [-0.39, 0.29) is 4.91 Å². The first-order chi connectivity index (χ1) is 5.25. The fourth-order valence-electron chi connectivity index (χ4n) is 0.668. The second-order valence-corrected chi connectivity index (χ2v) is 4.37. The fraction of sp³-hybridized carbons (Fsp3) is 0.429. The molecular formula is C7H14N2O2S. The largest absolute Gasteiger partial charge is 0.402 e. The number of hydrogen-bond donors (Lipinski definition) is 2. The normalized spacial score (nSPS) is 15.8. The third-order valence-corrected chi connectivity index (χ3v) is 2.60. The maximum absolute atomic E-state index is 10.8. The first kappa shape index (κ1) is 11.2. The van der Waals surface area contributed by atoms with Gasteiger partial charge in [0.25, 0.3) is 0 Å². The Bertz CT molecular complexity index is 321. The molecule has 0 atom stereocenters. The number of primary sulfonamides is 1. The number of rotatable bonds is 2. The Morgan fingerprint density at radius 3 is 1.92 bits per heavy atom. The van der Waals surface area contributed by atoms with E-state index in [9.17, 15) is 8.42 Å². The maximum atomic E-state index is 10.8. The summed E-state index contributed by atoms with van der Waals surface area (Å²) < 4.78 is 21.6. The smallest absolute Gasteiger partial charge is 0.234 e. The second-order valence-electron chi connectivity index (χ2n) is 2.67. The van der Waals surface area contributed by atoms with Crippen LogP contribution in [0.3, 0.4) is 0 Å². The predicted octanol–water partition coefficient (Wildman–Crippen LogP) is 0.431. The predicted molar refractivity (Wildman–Crippen MR) is 49.4 cm³/mol. The summed E-state index contributed by atoms with van der Waals surface area (Å²) in [6, 6.07) is 0. The highest BCUT2D eigenvalue weighted by molar-refractivity contribution is 7.93. The first-order valence-corrected chi connectivity index (χ1v) is 4.94. The lowest BCUT2D eigenvalue weighted by atomic mass is 10.2. The van der Waals surface area contributed by atoms with E-state index in [1.54, 1.807) is 19.9 Å². The quantitative estimate of drug-likeness (QED) is 0.619. The summed E-state index contributed by atoms with van der Waals surface area (Å²) in [5, 5.41) is 4.90. The Balaban J connectivity index is 5.11. The van der Waals surface area contributed by atoms with Crippen LogP contribution in [0.5, 0.6) is 0 Å². The molecule has 0 rings (SSSR count). The van der Waals surface area contributed by atoms with Crippen LogP contribution >= 0.6 is 0 Å². The molecule has 4 nitrogen and oxygen atoms in total. The Hall–Kier alpha value is -0.810. The van der Waals surface area contributed by atoms with Gasteiger partial charge in [-0.2, -0.15) is 0 Å². The van der Waals surface area contributed by atoms with Crippen molar-refractivity contribution >= 4 is 10.0 Å².